The fourth-order valence-corrected chi connectivity index (χ4v) is 6.29. The van der Waals surface area contributed by atoms with E-state index < -0.39 is 29.8 Å². The van der Waals surface area contributed by atoms with E-state index in [9.17, 15) is 14.4 Å². The van der Waals surface area contributed by atoms with Gasteiger partial charge in [0.05, 0.1) is 12.0 Å². The molecule has 1 saturated heterocycles. The van der Waals surface area contributed by atoms with Gasteiger partial charge in [-0.25, -0.2) is 0 Å². The molecule has 0 saturated carbocycles. The molecule has 0 aliphatic carbocycles. The van der Waals surface area contributed by atoms with Gasteiger partial charge in [-0.2, -0.15) is 0 Å². The van der Waals surface area contributed by atoms with Crippen molar-refractivity contribution in [2.45, 2.75) is 18.0 Å². The van der Waals surface area contributed by atoms with Gasteiger partial charge in [0, 0.05) is 26.9 Å². The zero-order valence-electron chi connectivity index (χ0n) is 20.3. The van der Waals surface area contributed by atoms with Gasteiger partial charge in [0.1, 0.15) is 6.04 Å². The largest absolute Gasteiger partial charge is 0.368 e. The van der Waals surface area contributed by atoms with Crippen molar-refractivity contribution in [2.24, 2.45) is 11.7 Å². The lowest BCUT2D eigenvalue weighted by atomic mass is 9.80. The summed E-state index contributed by atoms with van der Waals surface area (Å²) < 4.78 is 0. The van der Waals surface area contributed by atoms with Crippen molar-refractivity contribution in [1.29, 1.82) is 0 Å². The second-order valence-corrected chi connectivity index (χ2v) is 10.5. The van der Waals surface area contributed by atoms with Crippen LogP contribution in [0.2, 0.25) is 5.02 Å². The Bertz CT molecular complexity index is 1470. The molecule has 0 bridgehead atoms. The van der Waals surface area contributed by atoms with Crippen molar-refractivity contribution in [3.63, 3.8) is 0 Å². The highest BCUT2D eigenvalue weighted by molar-refractivity contribution is 7.10. The number of Topliss-reactive ketones (excluding diaryl/α,β-unsaturated/α-hetero) is 1. The molecule has 2 N–H and O–H groups in total. The number of thiophene rings is 1. The number of rotatable bonds is 7. The maximum atomic E-state index is 14.2. The van der Waals surface area contributed by atoms with Crippen LogP contribution in [-0.4, -0.2) is 34.6 Å². The number of amides is 2. The summed E-state index contributed by atoms with van der Waals surface area (Å²) in [5.41, 5.74) is 7.75. The van der Waals surface area contributed by atoms with E-state index in [1.807, 2.05) is 66.1 Å². The molecule has 38 heavy (non-hydrogen) atoms. The van der Waals surface area contributed by atoms with E-state index in [4.69, 9.17) is 17.3 Å². The van der Waals surface area contributed by atoms with Gasteiger partial charge in [-0.3, -0.25) is 14.4 Å². The van der Waals surface area contributed by atoms with E-state index in [1.54, 1.807) is 48.5 Å². The van der Waals surface area contributed by atoms with Crippen LogP contribution in [0.3, 0.4) is 0 Å². The van der Waals surface area contributed by atoms with E-state index in [1.165, 1.54) is 16.2 Å². The number of hydrogen-bond acceptors (Lipinski definition) is 4. The summed E-state index contributed by atoms with van der Waals surface area (Å²) in [6, 6.07) is 27.1. The van der Waals surface area contributed by atoms with Crippen molar-refractivity contribution in [3.8, 4) is 0 Å². The Hall–Kier alpha value is -4.00. The van der Waals surface area contributed by atoms with Crippen molar-refractivity contribution in [3.05, 3.63) is 135 Å². The molecular weight excluding hydrogens is 516 g/mol. The molecule has 1 aliphatic heterocycles. The third kappa shape index (κ3) is 5.05. The zero-order valence-corrected chi connectivity index (χ0v) is 21.9. The molecule has 4 unspecified atom stereocenters. The second kappa shape index (κ2) is 11.2. The number of likely N-dealkylation sites (tertiary alicyclic amines) is 1. The zero-order chi connectivity index (χ0) is 26.6. The highest BCUT2D eigenvalue weighted by Gasteiger charge is 2.56. The standard InChI is InChI=1S/C31H25ClN2O3S/c32-23-14-7-13-22(19-23)29(35)26-24(17-16-20-9-3-1-4-10-20)34(31(37)21-11-5-2-6-12-21)28(30(33)36)27(26)25-15-8-18-38-25/h1-19,24,26-28H,(H2,33,36). The van der Waals surface area contributed by atoms with E-state index in [-0.39, 0.29) is 11.7 Å². The normalized spacial score (nSPS) is 21.0. The molecule has 4 aromatic rings. The van der Waals surface area contributed by atoms with Crippen LogP contribution >= 0.6 is 22.9 Å². The van der Waals surface area contributed by atoms with Crippen LogP contribution in [0.4, 0.5) is 0 Å². The molecule has 4 atom stereocenters. The molecule has 1 aromatic heterocycles. The SMILES string of the molecule is NC(=O)C1C(c2cccs2)C(C(=O)c2cccc(Cl)c2)C(C=Cc2ccccc2)N1C(=O)c1ccccc1. The molecule has 5 nitrogen and oxygen atoms in total. The van der Waals surface area contributed by atoms with Crippen molar-refractivity contribution < 1.29 is 14.4 Å². The molecular formula is C31H25ClN2O3S. The summed E-state index contributed by atoms with van der Waals surface area (Å²) >= 11 is 7.68. The molecule has 2 amide bonds. The molecule has 190 valence electrons. The summed E-state index contributed by atoms with van der Waals surface area (Å²) in [5.74, 6) is -2.62. The monoisotopic (exact) mass is 540 g/mol. The molecule has 2 heterocycles. The second-order valence-electron chi connectivity index (χ2n) is 9.13. The minimum Gasteiger partial charge on any atom is -0.368 e. The molecule has 0 radical (unpaired) electrons. The van der Waals surface area contributed by atoms with E-state index in [0.29, 0.717) is 16.1 Å². The number of ketones is 1. The van der Waals surface area contributed by atoms with Gasteiger partial charge in [0.15, 0.2) is 5.78 Å². The summed E-state index contributed by atoms with van der Waals surface area (Å²) in [6.45, 7) is 0. The quantitative estimate of drug-likeness (QED) is 0.289. The fourth-order valence-electron chi connectivity index (χ4n) is 5.20. The molecule has 0 spiro atoms. The Morgan fingerprint density at radius 3 is 2.16 bits per heavy atom. The lowest BCUT2D eigenvalue weighted by Crippen LogP contribution is -2.48. The topological polar surface area (TPSA) is 80.5 Å². The number of nitrogens with two attached hydrogens (primary N) is 1. The summed E-state index contributed by atoms with van der Waals surface area (Å²) in [6.07, 6.45) is 3.72. The van der Waals surface area contributed by atoms with Gasteiger partial charge < -0.3 is 10.6 Å². The average Bonchev–Trinajstić information content (AvgIpc) is 3.58. The van der Waals surface area contributed by atoms with Crippen LogP contribution in [-0.2, 0) is 4.79 Å². The lowest BCUT2D eigenvalue weighted by Gasteiger charge is -2.29. The molecule has 1 aliphatic rings. The van der Waals surface area contributed by atoms with Crippen LogP contribution in [0.5, 0.6) is 0 Å². The predicted molar refractivity (Wildman–Crippen MR) is 151 cm³/mol. The molecule has 5 rings (SSSR count). The van der Waals surface area contributed by atoms with E-state index in [2.05, 4.69) is 0 Å². The Morgan fingerprint density at radius 1 is 0.842 bits per heavy atom. The number of carbonyl (C=O) groups excluding carboxylic acids is 3. The number of primary amides is 1. The maximum absolute atomic E-state index is 14.2. The minimum absolute atomic E-state index is 0.205. The van der Waals surface area contributed by atoms with Crippen LogP contribution in [0.1, 0.15) is 37.1 Å². The summed E-state index contributed by atoms with van der Waals surface area (Å²) in [7, 11) is 0. The Morgan fingerprint density at radius 2 is 1.53 bits per heavy atom. The lowest BCUT2D eigenvalue weighted by molar-refractivity contribution is -0.122. The molecule has 1 fully saturated rings. The van der Waals surface area contributed by atoms with Crippen LogP contribution in [0.25, 0.3) is 6.08 Å². The minimum atomic E-state index is -1.03. The number of halogens is 1. The first-order valence-electron chi connectivity index (χ1n) is 12.2. The Balaban J connectivity index is 1.71. The molecule has 7 heteroatoms. The predicted octanol–water partition coefficient (Wildman–Crippen LogP) is 6.08. The van der Waals surface area contributed by atoms with Crippen LogP contribution in [0.15, 0.2) is 109 Å². The van der Waals surface area contributed by atoms with Crippen LogP contribution in [0, 0.1) is 5.92 Å². The van der Waals surface area contributed by atoms with E-state index >= 15 is 0 Å². The number of benzene rings is 3. The van der Waals surface area contributed by atoms with Crippen molar-refractivity contribution >= 4 is 46.6 Å². The Kier molecular flexibility index (Phi) is 7.54. The fraction of sp³-hybridized carbons (Fsp3) is 0.129. The maximum Gasteiger partial charge on any atom is 0.255 e. The first kappa shape index (κ1) is 25.6. The van der Waals surface area contributed by atoms with E-state index in [0.717, 1.165) is 10.4 Å². The highest BCUT2D eigenvalue weighted by atomic mass is 35.5. The van der Waals surface area contributed by atoms with Gasteiger partial charge in [-0.05, 0) is 41.3 Å². The summed E-state index contributed by atoms with van der Waals surface area (Å²) in [4.78, 5) is 43.7. The summed E-state index contributed by atoms with van der Waals surface area (Å²) in [5, 5.41) is 2.33. The van der Waals surface area contributed by atoms with Crippen LogP contribution < -0.4 is 5.73 Å². The first-order chi connectivity index (χ1) is 18.5. The van der Waals surface area contributed by atoms with Crippen molar-refractivity contribution in [2.75, 3.05) is 0 Å². The van der Waals surface area contributed by atoms with Gasteiger partial charge >= 0.3 is 0 Å². The third-order valence-electron chi connectivity index (χ3n) is 6.83. The number of nitrogens with zero attached hydrogens (tertiary/aromatic N) is 1. The smallest absolute Gasteiger partial charge is 0.255 e. The average molecular weight is 541 g/mol. The Labute approximate surface area is 230 Å². The molecule has 3 aromatic carbocycles. The van der Waals surface area contributed by atoms with Crippen molar-refractivity contribution in [1.82, 2.24) is 4.90 Å². The van der Waals surface area contributed by atoms with Gasteiger partial charge in [0.2, 0.25) is 5.91 Å². The van der Waals surface area contributed by atoms with Gasteiger partial charge in [-0.1, -0.05) is 90.5 Å². The third-order valence-corrected chi connectivity index (χ3v) is 8.04. The van der Waals surface area contributed by atoms with Gasteiger partial charge in [-0.15, -0.1) is 11.3 Å². The highest BCUT2D eigenvalue weighted by Crippen LogP contribution is 2.47. The first-order valence-corrected chi connectivity index (χ1v) is 13.4. The number of hydrogen-bond donors (Lipinski definition) is 1. The number of carbonyl (C=O) groups is 3. The van der Waals surface area contributed by atoms with Gasteiger partial charge in [0.25, 0.3) is 5.91 Å².